The molecule has 5 rings (SSSR count). The van der Waals surface area contributed by atoms with Gasteiger partial charge in [-0.3, -0.25) is 14.5 Å². The Balaban J connectivity index is 1.26. The molecule has 0 N–H and O–H groups in total. The predicted octanol–water partition coefficient (Wildman–Crippen LogP) is 6.11. The average Bonchev–Trinajstić information content (AvgIpc) is 3.52. The van der Waals surface area contributed by atoms with Gasteiger partial charge in [-0.15, -0.1) is 0 Å². The third-order valence-corrected chi connectivity index (χ3v) is 9.14. The van der Waals surface area contributed by atoms with Gasteiger partial charge in [0.25, 0.3) is 11.5 Å². The minimum atomic E-state index is -0.261. The van der Waals surface area contributed by atoms with Crippen molar-refractivity contribution in [3.63, 3.8) is 0 Å². The summed E-state index contributed by atoms with van der Waals surface area (Å²) in [4.78, 5) is 29.9. The Hall–Kier alpha value is -4.55. The fourth-order valence-corrected chi connectivity index (χ4v) is 6.59. The zero-order valence-electron chi connectivity index (χ0n) is 28.8. The Morgan fingerprint density at radius 3 is 2.36 bits per heavy atom. The smallest absolute Gasteiger partial charge is 0.264 e. The minimum absolute atomic E-state index is 0.00286. The molecule has 2 aromatic carbocycles. The van der Waals surface area contributed by atoms with Crippen LogP contribution in [0.15, 0.2) is 59.0 Å². The van der Waals surface area contributed by atoms with Gasteiger partial charge in [0.2, 0.25) is 0 Å². The number of likely N-dealkylation sites (tertiary alicyclic amines) is 2. The van der Waals surface area contributed by atoms with E-state index < -0.39 is 0 Å². The molecule has 1 unspecified atom stereocenters. The second-order valence-corrected chi connectivity index (χ2v) is 13.8. The number of benzene rings is 2. The SMILES string of the molecule is COc1cc(-c2cn(C)c(=O)c(C)c2C)cc(OC)c1CN1CC(Oc2cccc(C3CCCN3C(=O)C(C#N)=CC(C)(C)C)c2)C1. The standard InChI is InChI=1S/C38H46N4O5/c1-24-25(2)36(43)40(6)22-31(24)27-16-34(45-7)32(35(17-27)46-8)23-41-20-30(21-41)47-29-12-9-11-26(15-29)33-13-10-14-42(33)37(44)28(19-39)18-38(3,4)5/h9,11-12,15-18,22,30,33H,10,13-14,20-21,23H2,1-8H3. The van der Waals surface area contributed by atoms with Crippen molar-refractivity contribution < 1.29 is 19.0 Å². The number of aromatic nitrogens is 1. The molecule has 2 fully saturated rings. The van der Waals surface area contributed by atoms with Crippen LogP contribution in [0.5, 0.6) is 17.2 Å². The molecule has 1 amide bonds. The molecule has 0 spiro atoms. The third-order valence-electron chi connectivity index (χ3n) is 9.14. The number of hydrogen-bond donors (Lipinski definition) is 0. The summed E-state index contributed by atoms with van der Waals surface area (Å²) in [5, 5.41) is 9.71. The largest absolute Gasteiger partial charge is 0.496 e. The molecule has 0 bridgehead atoms. The number of aryl methyl sites for hydroxylation is 1. The summed E-state index contributed by atoms with van der Waals surface area (Å²) in [5.41, 5.74) is 5.47. The second kappa shape index (κ2) is 13.7. The summed E-state index contributed by atoms with van der Waals surface area (Å²) in [6.45, 7) is 12.5. The molecule has 1 atom stereocenters. The van der Waals surface area contributed by atoms with Crippen molar-refractivity contribution in [1.29, 1.82) is 5.26 Å². The summed E-state index contributed by atoms with van der Waals surface area (Å²) in [6, 6.07) is 14.1. The van der Waals surface area contributed by atoms with Crippen molar-refractivity contribution in [2.24, 2.45) is 12.5 Å². The molecule has 9 heteroatoms. The average molecular weight is 639 g/mol. The summed E-state index contributed by atoms with van der Waals surface area (Å²) in [5.74, 6) is 2.04. The number of nitrogens with zero attached hydrogens (tertiary/aromatic N) is 4. The molecule has 0 saturated carbocycles. The molecule has 1 aromatic heterocycles. The topological polar surface area (TPSA) is 97.0 Å². The lowest BCUT2D eigenvalue weighted by atomic mass is 9.93. The molecule has 0 radical (unpaired) electrons. The molecule has 3 heterocycles. The van der Waals surface area contributed by atoms with E-state index in [0.29, 0.717) is 13.1 Å². The number of pyridine rings is 1. The van der Waals surface area contributed by atoms with Crippen LogP contribution in [0.25, 0.3) is 11.1 Å². The highest BCUT2D eigenvalue weighted by Gasteiger charge is 2.34. The van der Waals surface area contributed by atoms with Gasteiger partial charge in [0.15, 0.2) is 0 Å². The molecule has 2 aliphatic heterocycles. The highest BCUT2D eigenvalue weighted by atomic mass is 16.5. The van der Waals surface area contributed by atoms with E-state index in [9.17, 15) is 14.9 Å². The third kappa shape index (κ3) is 7.23. The maximum atomic E-state index is 13.3. The van der Waals surface area contributed by atoms with Crippen LogP contribution < -0.4 is 19.8 Å². The van der Waals surface area contributed by atoms with Crippen molar-refractivity contribution in [1.82, 2.24) is 14.4 Å². The maximum Gasteiger partial charge on any atom is 0.264 e. The number of rotatable bonds is 9. The number of nitriles is 1. The van der Waals surface area contributed by atoms with Gasteiger partial charge >= 0.3 is 0 Å². The van der Waals surface area contributed by atoms with Gasteiger partial charge in [0.1, 0.15) is 35.0 Å². The normalized spacial score (nSPS) is 17.3. The van der Waals surface area contributed by atoms with Gasteiger partial charge < -0.3 is 23.7 Å². The molecule has 0 aliphatic carbocycles. The molecule has 2 aliphatic rings. The molecular weight excluding hydrogens is 592 g/mol. The van der Waals surface area contributed by atoms with Gasteiger partial charge in [0, 0.05) is 50.6 Å². The van der Waals surface area contributed by atoms with E-state index in [1.807, 2.05) is 82.1 Å². The first-order valence-electron chi connectivity index (χ1n) is 16.2. The van der Waals surface area contributed by atoms with Gasteiger partial charge in [-0.25, -0.2) is 0 Å². The number of carbonyl (C=O) groups is 1. The van der Waals surface area contributed by atoms with Crippen molar-refractivity contribution in [2.75, 3.05) is 33.9 Å². The van der Waals surface area contributed by atoms with Gasteiger partial charge in [0.05, 0.1) is 25.8 Å². The van der Waals surface area contributed by atoms with Crippen LogP contribution in [0.1, 0.15) is 61.9 Å². The number of ether oxygens (including phenoxy) is 3. The quantitative estimate of drug-likeness (QED) is 0.206. The number of methoxy groups -OCH3 is 2. The van der Waals surface area contributed by atoms with E-state index in [1.54, 1.807) is 31.9 Å². The van der Waals surface area contributed by atoms with Gasteiger partial charge in [-0.05, 0) is 73.1 Å². The monoisotopic (exact) mass is 638 g/mol. The van der Waals surface area contributed by atoms with E-state index >= 15 is 0 Å². The summed E-state index contributed by atoms with van der Waals surface area (Å²) in [6.07, 6.45) is 5.40. The second-order valence-electron chi connectivity index (χ2n) is 13.8. The van der Waals surface area contributed by atoms with E-state index in [1.165, 1.54) is 0 Å². The first kappa shape index (κ1) is 33.8. The molecule has 3 aromatic rings. The first-order chi connectivity index (χ1) is 22.3. The zero-order chi connectivity index (χ0) is 34.0. The highest BCUT2D eigenvalue weighted by molar-refractivity contribution is 5.97. The van der Waals surface area contributed by atoms with E-state index in [0.717, 1.165) is 76.6 Å². The zero-order valence-corrected chi connectivity index (χ0v) is 28.8. The van der Waals surface area contributed by atoms with Crippen molar-refractivity contribution in [3.05, 3.63) is 86.9 Å². The summed E-state index contributed by atoms with van der Waals surface area (Å²) in [7, 11) is 5.09. The number of hydrogen-bond acceptors (Lipinski definition) is 7. The highest BCUT2D eigenvalue weighted by Crippen LogP contribution is 2.39. The lowest BCUT2D eigenvalue weighted by molar-refractivity contribution is -0.127. The van der Waals surface area contributed by atoms with Gasteiger partial charge in [-0.2, -0.15) is 5.26 Å². The van der Waals surface area contributed by atoms with Crippen LogP contribution in [0.4, 0.5) is 0 Å². The fourth-order valence-electron chi connectivity index (χ4n) is 6.59. The Bertz CT molecular complexity index is 1760. The molecular formula is C38H46N4O5. The first-order valence-corrected chi connectivity index (χ1v) is 16.2. The van der Waals surface area contributed by atoms with Crippen LogP contribution in [-0.4, -0.2) is 60.2 Å². The maximum absolute atomic E-state index is 13.3. The fraction of sp³-hybridized carbons (Fsp3) is 0.447. The minimum Gasteiger partial charge on any atom is -0.496 e. The lowest BCUT2D eigenvalue weighted by Crippen LogP contribution is -2.53. The molecule has 248 valence electrons. The summed E-state index contributed by atoms with van der Waals surface area (Å²) < 4.78 is 19.7. The van der Waals surface area contributed by atoms with Crippen LogP contribution in [0, 0.1) is 30.6 Å². The van der Waals surface area contributed by atoms with Crippen LogP contribution in [-0.2, 0) is 18.4 Å². The number of allylic oxidation sites excluding steroid dienone is 1. The Morgan fingerprint density at radius 1 is 1.06 bits per heavy atom. The van der Waals surface area contributed by atoms with Crippen LogP contribution >= 0.6 is 0 Å². The lowest BCUT2D eigenvalue weighted by Gasteiger charge is -2.39. The number of amides is 1. The molecule has 47 heavy (non-hydrogen) atoms. The Kier molecular flexibility index (Phi) is 9.83. The van der Waals surface area contributed by atoms with Crippen LogP contribution in [0.3, 0.4) is 0 Å². The Labute approximate surface area is 278 Å². The van der Waals surface area contributed by atoms with E-state index in [-0.39, 0.29) is 34.6 Å². The van der Waals surface area contributed by atoms with Crippen molar-refractivity contribution in [2.45, 2.75) is 66.2 Å². The van der Waals surface area contributed by atoms with E-state index in [4.69, 9.17) is 14.2 Å². The Morgan fingerprint density at radius 2 is 1.74 bits per heavy atom. The van der Waals surface area contributed by atoms with Crippen molar-refractivity contribution in [3.8, 4) is 34.4 Å². The van der Waals surface area contributed by atoms with Crippen molar-refractivity contribution >= 4 is 5.91 Å². The summed E-state index contributed by atoms with van der Waals surface area (Å²) >= 11 is 0. The van der Waals surface area contributed by atoms with Gasteiger partial charge in [-0.1, -0.05) is 39.0 Å². The molecule has 2 saturated heterocycles. The molecule has 9 nitrogen and oxygen atoms in total. The number of carbonyl (C=O) groups excluding carboxylic acids is 1. The van der Waals surface area contributed by atoms with E-state index in [2.05, 4.69) is 11.0 Å². The predicted molar refractivity (Wildman–Crippen MR) is 183 cm³/mol. The van der Waals surface area contributed by atoms with Crippen LogP contribution in [0.2, 0.25) is 0 Å².